The van der Waals surface area contributed by atoms with E-state index in [9.17, 15) is 0 Å². The van der Waals surface area contributed by atoms with Crippen LogP contribution >= 0.6 is 8.69 Å². The van der Waals surface area contributed by atoms with Crippen LogP contribution in [-0.2, 0) is 4.57 Å². The zero-order chi connectivity index (χ0) is 6.95. The summed E-state index contributed by atoms with van der Waals surface area (Å²) in [6.45, 7) is 0. The van der Waals surface area contributed by atoms with E-state index in [1.807, 2.05) is 30.3 Å². The monoisotopic (exact) mass is 180 g/mol. The van der Waals surface area contributed by atoms with Gasteiger partial charge < -0.3 is 4.89 Å². The van der Waals surface area contributed by atoms with Gasteiger partial charge in [0.15, 0.2) is 0 Å². The summed E-state index contributed by atoms with van der Waals surface area (Å²) in [7, 11) is -0.833. The van der Waals surface area contributed by atoms with Gasteiger partial charge in [0.1, 0.15) is 0 Å². The van der Waals surface area contributed by atoms with E-state index in [0.29, 0.717) is 0 Å². The maximum Gasteiger partial charge on any atom is 1.00 e. The second kappa shape index (κ2) is 12.6. The number of rotatable bonds is 0. The van der Waals surface area contributed by atoms with E-state index in [0.717, 1.165) is 0 Å². The molecule has 1 aromatic rings. The summed E-state index contributed by atoms with van der Waals surface area (Å²) in [5.41, 5.74) is 0. The molecule has 0 amide bonds. The predicted octanol–water partition coefficient (Wildman–Crippen LogP) is -1.32. The molecule has 0 aliphatic heterocycles. The fourth-order valence-electron chi connectivity index (χ4n) is 0.342. The molecule has 0 saturated carbocycles. The van der Waals surface area contributed by atoms with Gasteiger partial charge in [0.05, 0.1) is 0 Å². The molecular formula is C6H6KO2P. The van der Waals surface area contributed by atoms with E-state index < -0.39 is 8.69 Å². The molecule has 0 heterocycles. The Labute approximate surface area is 104 Å². The molecule has 0 unspecified atom stereocenters. The van der Waals surface area contributed by atoms with Gasteiger partial charge in [-0.05, 0) is 0 Å². The predicted molar refractivity (Wildman–Crippen MR) is 35.1 cm³/mol. The minimum Gasteiger partial charge on any atom is -0.310 e. The van der Waals surface area contributed by atoms with E-state index in [-0.39, 0.29) is 51.4 Å². The van der Waals surface area contributed by atoms with Gasteiger partial charge in [-0.1, -0.05) is 0 Å². The first kappa shape index (κ1) is 13.5. The Morgan fingerprint density at radius 2 is 1.60 bits per heavy atom. The van der Waals surface area contributed by atoms with Crippen LogP contribution in [0.5, 0.6) is 0 Å². The zero-order valence-corrected chi connectivity index (χ0v) is 9.71. The maximum absolute atomic E-state index is 8.46. The summed E-state index contributed by atoms with van der Waals surface area (Å²) in [5.74, 6) is 0. The molecule has 0 fully saturated rings. The van der Waals surface area contributed by atoms with Crippen molar-refractivity contribution in [3.8, 4) is 0 Å². The van der Waals surface area contributed by atoms with Crippen molar-refractivity contribution in [3.05, 3.63) is 36.4 Å². The van der Waals surface area contributed by atoms with Gasteiger partial charge in [-0.15, -0.1) is 0 Å². The topological polar surface area (TPSA) is 37.3 Å². The fraction of sp³-hybridized carbons (Fsp3) is 0. The van der Waals surface area contributed by atoms with E-state index in [1.54, 1.807) is 0 Å². The Balaban J connectivity index is 0. The van der Waals surface area contributed by atoms with Gasteiger partial charge in [0, 0.05) is 0 Å². The van der Waals surface area contributed by atoms with E-state index in [1.165, 1.54) is 0 Å². The number of benzene rings is 1. The summed E-state index contributed by atoms with van der Waals surface area (Å²) >= 11 is 0. The van der Waals surface area contributed by atoms with Crippen molar-refractivity contribution in [3.63, 3.8) is 0 Å². The first-order valence-corrected chi connectivity index (χ1v) is 3.06. The van der Waals surface area contributed by atoms with Crippen molar-refractivity contribution in [2.24, 2.45) is 0 Å². The van der Waals surface area contributed by atoms with Gasteiger partial charge in [0.2, 0.25) is 0 Å². The van der Waals surface area contributed by atoms with Gasteiger partial charge in [-0.2, -0.15) is 36.4 Å². The summed E-state index contributed by atoms with van der Waals surface area (Å²) in [6, 6.07) is 12.5. The Morgan fingerprint density at radius 1 is 1.20 bits per heavy atom. The zero-order valence-electron chi connectivity index (χ0n) is 5.69. The molecule has 0 saturated heterocycles. The molecule has 0 radical (unpaired) electrons. The quantitative estimate of drug-likeness (QED) is 0.305. The van der Waals surface area contributed by atoms with Crippen LogP contribution in [0.15, 0.2) is 30.3 Å². The van der Waals surface area contributed by atoms with Crippen molar-refractivity contribution >= 4 is 8.69 Å². The molecule has 1 N–H and O–H groups in total. The molecule has 0 aliphatic carbocycles. The summed E-state index contributed by atoms with van der Waals surface area (Å²) in [5, 5.41) is 0. The van der Waals surface area contributed by atoms with Crippen LogP contribution in [-0.4, -0.2) is 4.89 Å². The fourth-order valence-corrected chi connectivity index (χ4v) is 0.342. The Kier molecular flexibility index (Phi) is 17.0. The third-order valence-corrected chi connectivity index (χ3v) is 0.607. The van der Waals surface area contributed by atoms with Crippen molar-refractivity contribution in [2.45, 2.75) is 0 Å². The Morgan fingerprint density at radius 3 is 1.70 bits per heavy atom. The molecule has 48 valence electrons. The molecule has 2 nitrogen and oxygen atoms in total. The average molecular weight is 180 g/mol. The van der Waals surface area contributed by atoms with Gasteiger partial charge in [-0.3, -0.25) is 0 Å². The van der Waals surface area contributed by atoms with Gasteiger partial charge in [-0.25, -0.2) is 4.57 Å². The SMILES string of the molecule is O=PO.[K+].[c-]1ccccc1. The second-order valence-corrected chi connectivity index (χ2v) is 1.32. The van der Waals surface area contributed by atoms with Crippen LogP contribution in [0.25, 0.3) is 0 Å². The molecule has 0 atom stereocenters. The minimum atomic E-state index is -0.833. The van der Waals surface area contributed by atoms with Crippen LogP contribution in [0.4, 0.5) is 0 Å². The van der Waals surface area contributed by atoms with Crippen molar-refractivity contribution < 1.29 is 60.8 Å². The van der Waals surface area contributed by atoms with Crippen molar-refractivity contribution in [1.82, 2.24) is 0 Å². The van der Waals surface area contributed by atoms with Crippen LogP contribution in [0, 0.1) is 6.07 Å². The molecule has 0 spiro atoms. The normalized spacial score (nSPS) is 6.90. The number of hydrogen-bond donors (Lipinski definition) is 1. The molecule has 0 aliphatic rings. The molecule has 1 aromatic carbocycles. The first-order valence-electron chi connectivity index (χ1n) is 2.29. The van der Waals surface area contributed by atoms with Gasteiger partial charge >= 0.3 is 60.1 Å². The van der Waals surface area contributed by atoms with Crippen LogP contribution in [0.1, 0.15) is 0 Å². The third kappa shape index (κ3) is 11.7. The standard InChI is InChI=1S/C6H5.K.HO2P/c1-2-4-6-5-3-1;;1-3-2/h1-5H;;(H,1,2)/q-1;+1;. The Hall–Kier alpha value is 0.916. The first-order chi connectivity index (χ1) is 4.41. The van der Waals surface area contributed by atoms with Crippen LogP contribution < -0.4 is 51.4 Å². The van der Waals surface area contributed by atoms with Gasteiger partial charge in [0.25, 0.3) is 0 Å². The van der Waals surface area contributed by atoms with Crippen LogP contribution in [0.3, 0.4) is 0 Å². The third-order valence-electron chi connectivity index (χ3n) is 0.607. The molecular weight excluding hydrogens is 174 g/mol. The summed E-state index contributed by atoms with van der Waals surface area (Å²) < 4.78 is 8.46. The largest absolute Gasteiger partial charge is 1.00 e. The molecule has 10 heavy (non-hydrogen) atoms. The van der Waals surface area contributed by atoms with E-state index >= 15 is 0 Å². The smallest absolute Gasteiger partial charge is 0.310 e. The second-order valence-electron chi connectivity index (χ2n) is 1.16. The van der Waals surface area contributed by atoms with Crippen LogP contribution in [0.2, 0.25) is 0 Å². The number of hydrogen-bond acceptors (Lipinski definition) is 1. The van der Waals surface area contributed by atoms with E-state index in [4.69, 9.17) is 9.46 Å². The average Bonchev–Trinajstić information content (AvgIpc) is 1.93. The van der Waals surface area contributed by atoms with Crippen molar-refractivity contribution in [2.75, 3.05) is 0 Å². The summed E-state index contributed by atoms with van der Waals surface area (Å²) in [4.78, 5) is 6.99. The van der Waals surface area contributed by atoms with Crippen molar-refractivity contribution in [1.29, 1.82) is 0 Å². The summed E-state index contributed by atoms with van der Waals surface area (Å²) in [6.07, 6.45) is 0. The molecule has 0 aromatic heterocycles. The molecule has 0 bridgehead atoms. The maximum atomic E-state index is 8.46. The molecule has 1 rings (SSSR count). The molecule has 4 heteroatoms. The minimum absolute atomic E-state index is 0. The van der Waals surface area contributed by atoms with E-state index in [2.05, 4.69) is 6.07 Å². The Bertz CT molecular complexity index is 119.